The van der Waals surface area contributed by atoms with E-state index in [1.54, 1.807) is 0 Å². The first-order chi connectivity index (χ1) is 9.08. The van der Waals surface area contributed by atoms with Gasteiger partial charge in [0.25, 0.3) is 0 Å². The summed E-state index contributed by atoms with van der Waals surface area (Å²) in [4.78, 5) is 10.7. The summed E-state index contributed by atoms with van der Waals surface area (Å²) >= 11 is 0. The Morgan fingerprint density at radius 2 is 2.26 bits per heavy atom. The monoisotopic (exact) mass is 266 g/mol. The molecule has 1 aliphatic carbocycles. The number of nitrogens with zero attached hydrogens (tertiary/aromatic N) is 1. The van der Waals surface area contributed by atoms with Crippen molar-refractivity contribution in [1.29, 1.82) is 0 Å². The third-order valence-electron chi connectivity index (χ3n) is 3.99. The molecule has 1 saturated carbocycles. The Morgan fingerprint density at radius 3 is 2.89 bits per heavy atom. The number of rotatable bonds is 5. The smallest absolute Gasteiger partial charge is 0.358 e. The van der Waals surface area contributed by atoms with Gasteiger partial charge in [-0.2, -0.15) is 0 Å². The molecule has 0 spiro atoms. The summed E-state index contributed by atoms with van der Waals surface area (Å²) in [5.74, 6) is 0.899. The van der Waals surface area contributed by atoms with Gasteiger partial charge >= 0.3 is 5.97 Å². The largest absolute Gasteiger partial charge is 0.476 e. The SMILES string of the molecule is CC(C)C1CCCCC1NCc1cc(C(=O)O)no1. The van der Waals surface area contributed by atoms with Gasteiger partial charge in [0.2, 0.25) is 0 Å². The van der Waals surface area contributed by atoms with Crippen LogP contribution in [0.5, 0.6) is 0 Å². The zero-order valence-corrected chi connectivity index (χ0v) is 11.6. The molecule has 0 aliphatic heterocycles. The average Bonchev–Trinajstić information content (AvgIpc) is 2.85. The van der Waals surface area contributed by atoms with Gasteiger partial charge < -0.3 is 14.9 Å². The molecule has 106 valence electrons. The van der Waals surface area contributed by atoms with Crippen molar-refractivity contribution in [2.75, 3.05) is 0 Å². The van der Waals surface area contributed by atoms with E-state index in [1.807, 2.05) is 0 Å². The van der Waals surface area contributed by atoms with Crippen LogP contribution in [0.25, 0.3) is 0 Å². The maximum absolute atomic E-state index is 10.7. The highest BCUT2D eigenvalue weighted by atomic mass is 16.5. The lowest BCUT2D eigenvalue weighted by Gasteiger charge is -2.34. The van der Waals surface area contributed by atoms with Gasteiger partial charge in [0, 0.05) is 12.1 Å². The molecule has 0 saturated heterocycles. The highest BCUT2D eigenvalue weighted by molar-refractivity contribution is 5.85. The number of carboxylic acids is 1. The van der Waals surface area contributed by atoms with E-state index in [-0.39, 0.29) is 5.69 Å². The van der Waals surface area contributed by atoms with Gasteiger partial charge in [-0.05, 0) is 24.7 Å². The Bertz CT molecular complexity index is 428. The molecule has 2 unspecified atom stereocenters. The van der Waals surface area contributed by atoms with Crippen molar-refractivity contribution in [3.63, 3.8) is 0 Å². The second-order valence-corrected chi connectivity index (χ2v) is 5.66. The zero-order valence-electron chi connectivity index (χ0n) is 11.6. The molecule has 5 nitrogen and oxygen atoms in total. The van der Waals surface area contributed by atoms with Gasteiger partial charge in [-0.25, -0.2) is 4.79 Å². The molecule has 19 heavy (non-hydrogen) atoms. The summed E-state index contributed by atoms with van der Waals surface area (Å²) in [5.41, 5.74) is -0.0270. The van der Waals surface area contributed by atoms with Crippen LogP contribution in [0.4, 0.5) is 0 Å². The molecular weight excluding hydrogens is 244 g/mol. The molecule has 5 heteroatoms. The van der Waals surface area contributed by atoms with E-state index in [4.69, 9.17) is 9.63 Å². The zero-order chi connectivity index (χ0) is 13.8. The third kappa shape index (κ3) is 3.56. The Balaban J connectivity index is 1.90. The molecule has 1 aromatic heterocycles. The Labute approximate surface area is 113 Å². The minimum Gasteiger partial charge on any atom is -0.476 e. The van der Waals surface area contributed by atoms with Gasteiger partial charge in [0.1, 0.15) is 0 Å². The van der Waals surface area contributed by atoms with Crippen LogP contribution in [-0.2, 0) is 6.54 Å². The van der Waals surface area contributed by atoms with E-state index >= 15 is 0 Å². The number of hydrogen-bond acceptors (Lipinski definition) is 4. The first-order valence-corrected chi connectivity index (χ1v) is 7.00. The molecule has 1 heterocycles. The average molecular weight is 266 g/mol. The van der Waals surface area contributed by atoms with Crippen LogP contribution in [0, 0.1) is 11.8 Å². The fourth-order valence-electron chi connectivity index (χ4n) is 2.94. The Hall–Kier alpha value is -1.36. The predicted octanol–water partition coefficient (Wildman–Crippen LogP) is 2.68. The highest BCUT2D eigenvalue weighted by Crippen LogP contribution is 2.30. The molecule has 0 bridgehead atoms. The first kappa shape index (κ1) is 14.1. The van der Waals surface area contributed by atoms with Crippen LogP contribution < -0.4 is 5.32 Å². The fraction of sp³-hybridized carbons (Fsp3) is 0.714. The standard InChI is InChI=1S/C14H22N2O3/c1-9(2)11-5-3-4-6-12(11)15-8-10-7-13(14(17)18)16-19-10/h7,9,11-12,15H,3-6,8H2,1-2H3,(H,17,18). The normalized spacial score (nSPS) is 23.7. The van der Waals surface area contributed by atoms with Gasteiger partial charge in [-0.1, -0.05) is 31.8 Å². The van der Waals surface area contributed by atoms with E-state index in [9.17, 15) is 4.79 Å². The van der Waals surface area contributed by atoms with Crippen molar-refractivity contribution in [3.8, 4) is 0 Å². The molecule has 0 radical (unpaired) electrons. The van der Waals surface area contributed by atoms with Crippen LogP contribution in [0.3, 0.4) is 0 Å². The minimum atomic E-state index is -1.05. The van der Waals surface area contributed by atoms with E-state index in [0.29, 0.717) is 30.2 Å². The predicted molar refractivity (Wildman–Crippen MR) is 70.9 cm³/mol. The molecular formula is C14H22N2O3. The number of hydrogen-bond donors (Lipinski definition) is 2. The highest BCUT2D eigenvalue weighted by Gasteiger charge is 2.27. The molecule has 1 fully saturated rings. The third-order valence-corrected chi connectivity index (χ3v) is 3.99. The molecule has 1 aliphatic rings. The van der Waals surface area contributed by atoms with Crippen molar-refractivity contribution in [3.05, 3.63) is 17.5 Å². The summed E-state index contributed by atoms with van der Waals surface area (Å²) in [7, 11) is 0. The van der Waals surface area contributed by atoms with Crippen LogP contribution >= 0.6 is 0 Å². The number of carbonyl (C=O) groups is 1. The van der Waals surface area contributed by atoms with Crippen molar-refractivity contribution >= 4 is 5.97 Å². The Morgan fingerprint density at radius 1 is 1.53 bits per heavy atom. The maximum Gasteiger partial charge on any atom is 0.358 e. The van der Waals surface area contributed by atoms with Crippen LogP contribution in [0.15, 0.2) is 10.6 Å². The van der Waals surface area contributed by atoms with E-state index < -0.39 is 5.97 Å². The number of aromatic nitrogens is 1. The van der Waals surface area contributed by atoms with Crippen molar-refractivity contribution in [2.24, 2.45) is 11.8 Å². The van der Waals surface area contributed by atoms with Crippen molar-refractivity contribution in [2.45, 2.75) is 52.1 Å². The lowest BCUT2D eigenvalue weighted by atomic mass is 9.78. The van der Waals surface area contributed by atoms with Gasteiger partial charge in [-0.3, -0.25) is 0 Å². The summed E-state index contributed by atoms with van der Waals surface area (Å²) in [5, 5.41) is 15.8. The first-order valence-electron chi connectivity index (χ1n) is 7.00. The van der Waals surface area contributed by atoms with Crippen molar-refractivity contribution in [1.82, 2.24) is 10.5 Å². The van der Waals surface area contributed by atoms with Crippen LogP contribution in [0.2, 0.25) is 0 Å². The molecule has 1 aromatic rings. The summed E-state index contributed by atoms with van der Waals surface area (Å²) in [6.07, 6.45) is 5.03. The van der Waals surface area contributed by atoms with Crippen LogP contribution in [0.1, 0.15) is 55.8 Å². The van der Waals surface area contributed by atoms with E-state index in [0.717, 1.165) is 0 Å². The summed E-state index contributed by atoms with van der Waals surface area (Å²) < 4.78 is 5.02. The number of carboxylic acid groups (broad SMARTS) is 1. The number of nitrogens with one attached hydrogen (secondary N) is 1. The van der Waals surface area contributed by atoms with Gasteiger partial charge in [0.05, 0.1) is 6.54 Å². The van der Waals surface area contributed by atoms with Gasteiger partial charge in [-0.15, -0.1) is 0 Å². The van der Waals surface area contributed by atoms with Crippen LogP contribution in [-0.4, -0.2) is 22.3 Å². The molecule has 2 atom stereocenters. The second-order valence-electron chi connectivity index (χ2n) is 5.66. The van der Waals surface area contributed by atoms with E-state index in [2.05, 4.69) is 24.3 Å². The summed E-state index contributed by atoms with van der Waals surface area (Å²) in [6.45, 7) is 5.08. The molecule has 2 rings (SSSR count). The fourth-order valence-corrected chi connectivity index (χ4v) is 2.94. The lowest BCUT2D eigenvalue weighted by molar-refractivity contribution is 0.0685. The van der Waals surface area contributed by atoms with Crippen molar-refractivity contribution < 1.29 is 14.4 Å². The minimum absolute atomic E-state index is 0.0270. The topological polar surface area (TPSA) is 75.4 Å². The lowest BCUT2D eigenvalue weighted by Crippen LogP contribution is -2.40. The van der Waals surface area contributed by atoms with Gasteiger partial charge in [0.15, 0.2) is 11.5 Å². The Kier molecular flexibility index (Phi) is 4.58. The molecule has 0 aromatic carbocycles. The second kappa shape index (κ2) is 6.19. The summed E-state index contributed by atoms with van der Waals surface area (Å²) in [6, 6.07) is 1.98. The number of aromatic carboxylic acids is 1. The molecule has 2 N–H and O–H groups in total. The quantitative estimate of drug-likeness (QED) is 0.857. The molecule has 0 amide bonds. The maximum atomic E-state index is 10.7. The van der Waals surface area contributed by atoms with E-state index in [1.165, 1.54) is 31.7 Å².